The summed E-state index contributed by atoms with van der Waals surface area (Å²) in [7, 11) is -1.24. The number of hydrogen-bond acceptors (Lipinski definition) is 6. The first-order valence-corrected chi connectivity index (χ1v) is 9.51. The lowest BCUT2D eigenvalue weighted by Crippen LogP contribution is -2.33. The smallest absolute Gasteiger partial charge is 0.207 e. The van der Waals surface area contributed by atoms with Crippen LogP contribution in [0.25, 0.3) is 5.69 Å². The largest absolute Gasteiger partial charge is 0.352 e. The zero-order valence-electron chi connectivity index (χ0n) is 13.9. The molecule has 2 aromatic rings. The topological polar surface area (TPSA) is 91.9 Å². The van der Waals surface area contributed by atoms with Gasteiger partial charge in [0.05, 0.1) is 17.2 Å². The molecule has 1 fully saturated rings. The fraction of sp³-hybridized carbons (Fsp3) is 0.438. The maximum absolute atomic E-state index is 11.7. The number of rotatable bonds is 3. The molecule has 126 valence electrons. The predicted molar refractivity (Wildman–Crippen MR) is 91.0 cm³/mol. The van der Waals surface area contributed by atoms with Crippen molar-refractivity contribution in [2.24, 2.45) is 0 Å². The highest BCUT2D eigenvalue weighted by Crippen LogP contribution is 2.24. The van der Waals surface area contributed by atoms with Crippen LogP contribution in [-0.2, 0) is 9.84 Å². The number of nitrogens with zero attached hydrogens (tertiary/aromatic N) is 5. The third kappa shape index (κ3) is 2.99. The molecule has 0 saturated carbocycles. The second-order valence-corrected chi connectivity index (χ2v) is 8.44. The minimum absolute atomic E-state index is 0.0882. The molecule has 0 aliphatic carbocycles. The molecule has 2 heterocycles. The lowest BCUT2D eigenvalue weighted by molar-refractivity contribution is 0.600. The van der Waals surface area contributed by atoms with Gasteiger partial charge >= 0.3 is 0 Å². The van der Waals surface area contributed by atoms with Gasteiger partial charge in [0.15, 0.2) is 15.7 Å². The van der Waals surface area contributed by atoms with Crippen LogP contribution in [0.2, 0.25) is 0 Å². The van der Waals surface area contributed by atoms with Crippen molar-refractivity contribution in [1.29, 1.82) is 5.26 Å². The summed E-state index contributed by atoms with van der Waals surface area (Å²) in [5.41, 5.74) is 3.24. The summed E-state index contributed by atoms with van der Waals surface area (Å²) in [6.07, 6.45) is 0.542. The standard InChI is InChI=1S/C16H19N5O2S/c1-11-4-5-13(8-12(11)2)21-18-15(9-17)16(19-21)20(3)14-6-7-24(22,23)10-14/h4-5,8,14H,6-7,10H2,1-3H3. The van der Waals surface area contributed by atoms with Crippen LogP contribution in [0.3, 0.4) is 0 Å². The maximum atomic E-state index is 11.7. The Morgan fingerprint density at radius 3 is 2.62 bits per heavy atom. The van der Waals surface area contributed by atoms with Gasteiger partial charge in [0.2, 0.25) is 5.69 Å². The van der Waals surface area contributed by atoms with Crippen LogP contribution in [0, 0.1) is 25.2 Å². The number of hydrogen-bond donors (Lipinski definition) is 0. The summed E-state index contributed by atoms with van der Waals surface area (Å²) in [6.45, 7) is 4.03. The second-order valence-electron chi connectivity index (χ2n) is 6.21. The van der Waals surface area contributed by atoms with E-state index in [-0.39, 0.29) is 23.2 Å². The normalized spacial score (nSPS) is 19.2. The molecule has 0 bridgehead atoms. The van der Waals surface area contributed by atoms with E-state index in [0.717, 1.165) is 11.3 Å². The molecule has 7 nitrogen and oxygen atoms in total. The molecule has 8 heteroatoms. The fourth-order valence-electron chi connectivity index (χ4n) is 2.83. The molecule has 1 unspecified atom stereocenters. The van der Waals surface area contributed by atoms with E-state index in [2.05, 4.69) is 16.3 Å². The first kappa shape index (κ1) is 16.5. The van der Waals surface area contributed by atoms with Crippen molar-refractivity contribution < 1.29 is 8.42 Å². The molecular weight excluding hydrogens is 326 g/mol. The van der Waals surface area contributed by atoms with Crippen molar-refractivity contribution in [3.8, 4) is 11.8 Å². The summed E-state index contributed by atoms with van der Waals surface area (Å²) >= 11 is 0. The first-order chi connectivity index (χ1) is 11.3. The number of benzene rings is 1. The first-order valence-electron chi connectivity index (χ1n) is 7.69. The second kappa shape index (κ2) is 5.91. The third-order valence-corrected chi connectivity index (χ3v) is 6.26. The molecule has 1 aromatic carbocycles. The molecule has 1 aliphatic heterocycles. The van der Waals surface area contributed by atoms with Gasteiger partial charge in [-0.25, -0.2) is 8.42 Å². The average Bonchev–Trinajstić information content (AvgIpc) is 3.12. The van der Waals surface area contributed by atoms with Crippen molar-refractivity contribution in [2.45, 2.75) is 26.3 Å². The Kier molecular flexibility index (Phi) is 4.05. The number of sulfone groups is 1. The van der Waals surface area contributed by atoms with E-state index in [1.54, 1.807) is 11.9 Å². The molecule has 0 spiro atoms. The predicted octanol–water partition coefficient (Wildman–Crippen LogP) is 1.38. The number of aryl methyl sites for hydroxylation is 2. The summed E-state index contributed by atoms with van der Waals surface area (Å²) in [4.78, 5) is 3.19. The van der Waals surface area contributed by atoms with Crippen molar-refractivity contribution in [3.05, 3.63) is 35.0 Å². The van der Waals surface area contributed by atoms with Gasteiger partial charge in [0.1, 0.15) is 6.07 Å². The molecule has 1 saturated heterocycles. The zero-order valence-corrected chi connectivity index (χ0v) is 14.7. The monoisotopic (exact) mass is 345 g/mol. The summed E-state index contributed by atoms with van der Waals surface area (Å²) < 4.78 is 23.4. The molecule has 0 N–H and O–H groups in total. The number of nitriles is 1. The van der Waals surface area contributed by atoms with Crippen LogP contribution in [0.1, 0.15) is 23.2 Å². The van der Waals surface area contributed by atoms with Crippen molar-refractivity contribution in [1.82, 2.24) is 15.0 Å². The maximum Gasteiger partial charge on any atom is 0.207 e. The van der Waals surface area contributed by atoms with Crippen molar-refractivity contribution in [3.63, 3.8) is 0 Å². The molecule has 0 amide bonds. The third-order valence-electron chi connectivity index (χ3n) is 4.51. The highest BCUT2D eigenvalue weighted by Gasteiger charge is 2.33. The van der Waals surface area contributed by atoms with E-state index < -0.39 is 9.84 Å². The van der Waals surface area contributed by atoms with Gasteiger partial charge in [-0.15, -0.1) is 15.0 Å². The van der Waals surface area contributed by atoms with Crippen LogP contribution in [-0.4, -0.2) is 48.0 Å². The molecule has 0 radical (unpaired) electrons. The lowest BCUT2D eigenvalue weighted by atomic mass is 10.1. The van der Waals surface area contributed by atoms with E-state index in [1.165, 1.54) is 10.4 Å². The molecular formula is C16H19N5O2S. The minimum atomic E-state index is -3.00. The summed E-state index contributed by atoms with van der Waals surface area (Å²) in [5, 5.41) is 18.0. The van der Waals surface area contributed by atoms with Gasteiger partial charge in [0, 0.05) is 13.1 Å². The van der Waals surface area contributed by atoms with Crippen molar-refractivity contribution >= 4 is 15.7 Å². The summed E-state index contributed by atoms with van der Waals surface area (Å²) in [6, 6.07) is 7.71. The Bertz CT molecular complexity index is 926. The quantitative estimate of drug-likeness (QED) is 0.834. The number of aromatic nitrogens is 3. The SMILES string of the molecule is Cc1ccc(-n2nc(C#N)c(N(C)C3CCS(=O)(=O)C3)n2)cc1C. The Hall–Kier alpha value is -2.40. The van der Waals surface area contributed by atoms with Crippen molar-refractivity contribution in [2.75, 3.05) is 23.5 Å². The van der Waals surface area contributed by atoms with E-state index in [1.807, 2.05) is 32.0 Å². The van der Waals surface area contributed by atoms with Crippen LogP contribution in [0.4, 0.5) is 5.82 Å². The van der Waals surface area contributed by atoms with Gasteiger partial charge < -0.3 is 4.90 Å². The number of anilines is 1. The Morgan fingerprint density at radius 2 is 2.04 bits per heavy atom. The minimum Gasteiger partial charge on any atom is -0.352 e. The van der Waals surface area contributed by atoms with Gasteiger partial charge in [-0.1, -0.05) is 6.07 Å². The molecule has 3 rings (SSSR count). The molecule has 1 atom stereocenters. The molecule has 1 aliphatic rings. The van der Waals surface area contributed by atoms with Crippen LogP contribution in [0.5, 0.6) is 0 Å². The Balaban J connectivity index is 1.96. The fourth-order valence-corrected chi connectivity index (χ4v) is 4.60. The van der Waals surface area contributed by atoms with Gasteiger partial charge in [-0.05, 0) is 43.5 Å². The van der Waals surface area contributed by atoms with Crippen LogP contribution in [0.15, 0.2) is 18.2 Å². The van der Waals surface area contributed by atoms with E-state index >= 15 is 0 Å². The van der Waals surface area contributed by atoms with E-state index in [4.69, 9.17) is 0 Å². The van der Waals surface area contributed by atoms with Gasteiger partial charge in [-0.2, -0.15) is 5.26 Å². The average molecular weight is 345 g/mol. The van der Waals surface area contributed by atoms with Crippen LogP contribution >= 0.6 is 0 Å². The summed E-state index contributed by atoms with van der Waals surface area (Å²) in [5.74, 6) is 0.679. The lowest BCUT2D eigenvalue weighted by Gasteiger charge is -2.22. The Labute approximate surface area is 141 Å². The van der Waals surface area contributed by atoms with Gasteiger partial charge in [0.25, 0.3) is 0 Å². The Morgan fingerprint density at radius 1 is 1.29 bits per heavy atom. The zero-order chi connectivity index (χ0) is 17.5. The highest BCUT2D eigenvalue weighted by molar-refractivity contribution is 7.91. The van der Waals surface area contributed by atoms with E-state index in [9.17, 15) is 13.7 Å². The molecule has 24 heavy (non-hydrogen) atoms. The van der Waals surface area contributed by atoms with Crippen LogP contribution < -0.4 is 4.90 Å². The highest BCUT2D eigenvalue weighted by atomic mass is 32.2. The molecule has 1 aromatic heterocycles. The van der Waals surface area contributed by atoms with Gasteiger partial charge in [-0.3, -0.25) is 0 Å². The van der Waals surface area contributed by atoms with E-state index in [0.29, 0.717) is 12.2 Å².